The van der Waals surface area contributed by atoms with E-state index in [1.165, 1.54) is 283 Å². The molecule has 76 heavy (non-hydrogen) atoms. The summed E-state index contributed by atoms with van der Waals surface area (Å²) in [4.78, 5) is 38.1. The largest absolute Gasteiger partial charge is 0.462 e. The van der Waals surface area contributed by atoms with Crippen molar-refractivity contribution in [2.75, 3.05) is 13.2 Å². The first-order valence-electron chi connectivity index (χ1n) is 34.3. The molecule has 0 aromatic heterocycles. The maximum absolute atomic E-state index is 12.8. The first kappa shape index (κ1) is 73.9. The van der Waals surface area contributed by atoms with Crippen molar-refractivity contribution in [3.05, 3.63) is 24.3 Å². The van der Waals surface area contributed by atoms with Crippen molar-refractivity contribution in [3.63, 3.8) is 0 Å². The third kappa shape index (κ3) is 62.7. The molecule has 0 rings (SSSR count). The zero-order valence-corrected chi connectivity index (χ0v) is 51.6. The summed E-state index contributed by atoms with van der Waals surface area (Å²) >= 11 is 0. The van der Waals surface area contributed by atoms with E-state index in [1.807, 2.05) is 0 Å². The van der Waals surface area contributed by atoms with Gasteiger partial charge in [0.25, 0.3) is 0 Å². The maximum atomic E-state index is 12.8. The van der Waals surface area contributed by atoms with E-state index in [0.29, 0.717) is 19.3 Å². The Balaban J connectivity index is 3.90. The van der Waals surface area contributed by atoms with Crippen LogP contribution in [0.25, 0.3) is 0 Å². The fourth-order valence-electron chi connectivity index (χ4n) is 10.5. The van der Waals surface area contributed by atoms with E-state index in [1.54, 1.807) is 0 Å². The molecule has 0 aliphatic carbocycles. The highest BCUT2D eigenvalue weighted by Crippen LogP contribution is 2.19. The Morgan fingerprint density at radius 2 is 0.474 bits per heavy atom. The Hall–Kier alpha value is -2.11. The van der Waals surface area contributed by atoms with Gasteiger partial charge in [0.2, 0.25) is 0 Å². The average molecular weight is 1070 g/mol. The molecule has 1 atom stereocenters. The average Bonchev–Trinajstić information content (AvgIpc) is 3.42. The van der Waals surface area contributed by atoms with Gasteiger partial charge in [-0.25, -0.2) is 0 Å². The van der Waals surface area contributed by atoms with Crippen LogP contribution in [0.1, 0.15) is 387 Å². The molecule has 0 saturated heterocycles. The Bertz CT molecular complexity index is 1230. The highest BCUT2D eigenvalue weighted by molar-refractivity contribution is 5.71. The van der Waals surface area contributed by atoms with Crippen molar-refractivity contribution >= 4 is 17.9 Å². The summed E-state index contributed by atoms with van der Waals surface area (Å²) in [5, 5.41) is 0. The van der Waals surface area contributed by atoms with Gasteiger partial charge < -0.3 is 14.2 Å². The zero-order valence-electron chi connectivity index (χ0n) is 51.6. The molecule has 0 saturated carbocycles. The second-order valence-corrected chi connectivity index (χ2v) is 23.5. The summed E-state index contributed by atoms with van der Waals surface area (Å²) in [6.45, 7) is 6.65. The number of rotatable bonds is 64. The van der Waals surface area contributed by atoms with Crippen LogP contribution >= 0.6 is 0 Å². The highest BCUT2D eigenvalue weighted by atomic mass is 16.6. The molecule has 0 amide bonds. The van der Waals surface area contributed by atoms with Crippen LogP contribution in [0.5, 0.6) is 0 Å². The molecule has 0 heterocycles. The van der Waals surface area contributed by atoms with Gasteiger partial charge in [-0.2, -0.15) is 0 Å². The number of esters is 3. The van der Waals surface area contributed by atoms with E-state index in [2.05, 4.69) is 45.1 Å². The molecule has 6 nitrogen and oxygen atoms in total. The van der Waals surface area contributed by atoms with Crippen LogP contribution in [0.15, 0.2) is 24.3 Å². The van der Waals surface area contributed by atoms with Gasteiger partial charge in [0.1, 0.15) is 13.2 Å². The normalized spacial score (nSPS) is 12.1. The van der Waals surface area contributed by atoms with Crippen LogP contribution in [-0.2, 0) is 28.6 Å². The Kier molecular flexibility index (Phi) is 63.6. The van der Waals surface area contributed by atoms with Gasteiger partial charge in [-0.3, -0.25) is 14.4 Å². The molecule has 0 aromatic rings. The van der Waals surface area contributed by atoms with E-state index in [4.69, 9.17) is 14.2 Å². The lowest BCUT2D eigenvalue weighted by Crippen LogP contribution is -2.30. The fourth-order valence-corrected chi connectivity index (χ4v) is 10.5. The van der Waals surface area contributed by atoms with Crippen molar-refractivity contribution in [3.8, 4) is 0 Å². The van der Waals surface area contributed by atoms with Gasteiger partial charge >= 0.3 is 17.9 Å². The first-order valence-corrected chi connectivity index (χ1v) is 34.3. The molecule has 0 aromatic carbocycles. The first-order chi connectivity index (χ1) is 37.5. The number of hydrogen-bond acceptors (Lipinski definition) is 6. The van der Waals surface area contributed by atoms with Gasteiger partial charge in [0.05, 0.1) is 0 Å². The lowest BCUT2D eigenvalue weighted by Gasteiger charge is -2.18. The Labute approximate surface area is 474 Å². The van der Waals surface area contributed by atoms with Gasteiger partial charge in [-0.15, -0.1) is 0 Å². The van der Waals surface area contributed by atoms with Crippen LogP contribution in [-0.4, -0.2) is 37.2 Å². The fraction of sp³-hybridized carbons (Fsp3) is 0.900. The van der Waals surface area contributed by atoms with Gasteiger partial charge in [-0.1, -0.05) is 340 Å². The predicted molar refractivity (Wildman–Crippen MR) is 330 cm³/mol. The topological polar surface area (TPSA) is 78.9 Å². The molecule has 0 aliphatic rings. The molecule has 0 spiro atoms. The summed E-state index contributed by atoms with van der Waals surface area (Å²) in [5.41, 5.74) is 0. The summed E-state index contributed by atoms with van der Waals surface area (Å²) in [6.07, 6.45) is 79.6. The number of unbranched alkanes of at least 4 members (excludes halogenated alkanes) is 49. The number of allylic oxidation sites excluding steroid dienone is 4. The standard InChI is InChI=1S/C70H132O6/c1-4-7-10-13-16-18-20-22-24-26-27-28-29-30-31-32-33-34-35-36-37-38-39-40-41-42-43-44-46-47-49-51-54-57-60-63-69(72)75-66-67(65-74-68(71)62-59-56-53-15-12-9-6-3)76-70(73)64-61-58-55-52-50-48-45-25-23-21-19-17-14-11-8-5-2/h20,22,26-27,67H,4-19,21,23-25,28-66H2,1-3H3/b22-20-,27-26-. The van der Waals surface area contributed by atoms with Gasteiger partial charge in [-0.05, 0) is 51.4 Å². The lowest BCUT2D eigenvalue weighted by atomic mass is 10.0. The van der Waals surface area contributed by atoms with Crippen molar-refractivity contribution in [1.29, 1.82) is 0 Å². The molecule has 1 unspecified atom stereocenters. The van der Waals surface area contributed by atoms with E-state index < -0.39 is 6.10 Å². The SMILES string of the molecule is CCCCCCC/C=C\C/C=C\CCCCCCCCCCCCCCCCCCCCCCCCCC(=O)OCC(COC(=O)CCCCCCCCC)OC(=O)CCCCCCCCCCCCCCCCCC. The second kappa shape index (κ2) is 65.4. The van der Waals surface area contributed by atoms with Gasteiger partial charge in [0.15, 0.2) is 6.10 Å². The smallest absolute Gasteiger partial charge is 0.306 e. The second-order valence-electron chi connectivity index (χ2n) is 23.5. The molecule has 0 bridgehead atoms. The Morgan fingerprint density at radius 3 is 0.724 bits per heavy atom. The van der Waals surface area contributed by atoms with Crippen LogP contribution in [0, 0.1) is 0 Å². The summed E-state index contributed by atoms with van der Waals surface area (Å²) in [6, 6.07) is 0. The molecule has 0 radical (unpaired) electrons. The molecular formula is C70H132O6. The van der Waals surface area contributed by atoms with E-state index in [0.717, 1.165) is 64.2 Å². The highest BCUT2D eigenvalue weighted by Gasteiger charge is 2.19. The minimum Gasteiger partial charge on any atom is -0.462 e. The number of carbonyl (C=O) groups is 3. The van der Waals surface area contributed by atoms with Crippen LogP contribution in [0.2, 0.25) is 0 Å². The van der Waals surface area contributed by atoms with Crippen molar-refractivity contribution in [2.45, 2.75) is 393 Å². The third-order valence-electron chi connectivity index (χ3n) is 15.7. The molecule has 6 heteroatoms. The summed E-state index contributed by atoms with van der Waals surface area (Å²) < 4.78 is 16.9. The van der Waals surface area contributed by atoms with Crippen molar-refractivity contribution in [1.82, 2.24) is 0 Å². The Morgan fingerprint density at radius 1 is 0.263 bits per heavy atom. The number of carbonyl (C=O) groups excluding carboxylic acids is 3. The molecule has 0 aliphatic heterocycles. The number of ether oxygens (including phenoxy) is 3. The summed E-state index contributed by atoms with van der Waals surface area (Å²) in [7, 11) is 0. The monoisotopic (exact) mass is 1070 g/mol. The van der Waals surface area contributed by atoms with E-state index >= 15 is 0 Å². The van der Waals surface area contributed by atoms with Crippen molar-refractivity contribution in [2.24, 2.45) is 0 Å². The van der Waals surface area contributed by atoms with E-state index in [-0.39, 0.29) is 31.1 Å². The maximum Gasteiger partial charge on any atom is 0.306 e. The zero-order chi connectivity index (χ0) is 55.0. The minimum absolute atomic E-state index is 0.0637. The lowest BCUT2D eigenvalue weighted by molar-refractivity contribution is -0.167. The molecule has 0 fully saturated rings. The molecule has 448 valence electrons. The molecular weight excluding hydrogens is 937 g/mol. The van der Waals surface area contributed by atoms with E-state index in [9.17, 15) is 14.4 Å². The summed E-state index contributed by atoms with van der Waals surface area (Å²) in [5.74, 6) is -0.843. The van der Waals surface area contributed by atoms with Crippen LogP contribution in [0.4, 0.5) is 0 Å². The van der Waals surface area contributed by atoms with Crippen LogP contribution in [0.3, 0.4) is 0 Å². The van der Waals surface area contributed by atoms with Crippen LogP contribution < -0.4 is 0 Å². The number of hydrogen-bond donors (Lipinski definition) is 0. The quantitative estimate of drug-likeness (QED) is 0.0261. The third-order valence-corrected chi connectivity index (χ3v) is 15.7. The van der Waals surface area contributed by atoms with Gasteiger partial charge in [0, 0.05) is 19.3 Å². The molecule has 0 N–H and O–H groups in total. The van der Waals surface area contributed by atoms with Crippen molar-refractivity contribution < 1.29 is 28.6 Å². The predicted octanol–water partition coefficient (Wildman–Crippen LogP) is 23.4. The minimum atomic E-state index is -0.763.